The van der Waals surface area contributed by atoms with Crippen LogP contribution >= 0.6 is 0 Å². The van der Waals surface area contributed by atoms with E-state index >= 15 is 0 Å². The van der Waals surface area contributed by atoms with Crippen molar-refractivity contribution in [3.63, 3.8) is 0 Å². The van der Waals surface area contributed by atoms with Crippen molar-refractivity contribution in [3.8, 4) is 0 Å². The van der Waals surface area contributed by atoms with Crippen LogP contribution in [0.2, 0.25) is 0 Å². The van der Waals surface area contributed by atoms with Crippen molar-refractivity contribution >= 4 is 11.9 Å². The van der Waals surface area contributed by atoms with Crippen LogP contribution in [0, 0.1) is 11.8 Å². The Labute approximate surface area is 118 Å². The summed E-state index contributed by atoms with van der Waals surface area (Å²) in [5.41, 5.74) is 2.14. The van der Waals surface area contributed by atoms with Crippen LogP contribution in [0.3, 0.4) is 0 Å². The minimum Gasteiger partial charge on any atom is -0.481 e. The molecule has 1 fully saturated rings. The standard InChI is InChI=1S/C16H20O4/c17-15(18)9-8-11-4-1-2-5-12(11)10-13-6-3-7-14(13)16(19)20/h1-2,4-5,13-14H,3,6-10H2,(H,17,18)(H,19,20). The van der Waals surface area contributed by atoms with E-state index in [1.165, 1.54) is 0 Å². The molecule has 20 heavy (non-hydrogen) atoms. The minimum absolute atomic E-state index is 0.115. The van der Waals surface area contributed by atoms with E-state index in [-0.39, 0.29) is 18.3 Å². The first-order valence-corrected chi connectivity index (χ1v) is 7.09. The third-order valence-electron chi connectivity index (χ3n) is 4.18. The lowest BCUT2D eigenvalue weighted by Gasteiger charge is -2.17. The van der Waals surface area contributed by atoms with Crippen molar-refractivity contribution in [3.05, 3.63) is 35.4 Å². The first kappa shape index (κ1) is 14.6. The first-order chi connectivity index (χ1) is 9.58. The molecule has 2 atom stereocenters. The van der Waals surface area contributed by atoms with Gasteiger partial charge in [-0.2, -0.15) is 0 Å². The molecule has 1 saturated carbocycles. The lowest BCUT2D eigenvalue weighted by molar-refractivity contribution is -0.143. The molecule has 0 aliphatic heterocycles. The first-order valence-electron chi connectivity index (χ1n) is 7.09. The number of carbonyl (C=O) groups is 2. The number of carboxylic acids is 2. The molecule has 0 heterocycles. The zero-order chi connectivity index (χ0) is 14.5. The van der Waals surface area contributed by atoms with Gasteiger partial charge in [0.15, 0.2) is 0 Å². The van der Waals surface area contributed by atoms with Gasteiger partial charge in [0.2, 0.25) is 0 Å². The molecular formula is C16H20O4. The van der Waals surface area contributed by atoms with Gasteiger partial charge in [0.1, 0.15) is 0 Å². The summed E-state index contributed by atoms with van der Waals surface area (Å²) in [4.78, 5) is 21.9. The van der Waals surface area contributed by atoms with Crippen molar-refractivity contribution in [2.75, 3.05) is 0 Å². The topological polar surface area (TPSA) is 74.6 Å². The summed E-state index contributed by atoms with van der Waals surface area (Å²) in [6, 6.07) is 7.78. The van der Waals surface area contributed by atoms with Gasteiger partial charge in [-0.1, -0.05) is 30.7 Å². The second kappa shape index (κ2) is 6.55. The highest BCUT2D eigenvalue weighted by molar-refractivity contribution is 5.70. The maximum atomic E-state index is 11.2. The van der Waals surface area contributed by atoms with E-state index in [9.17, 15) is 14.7 Å². The van der Waals surface area contributed by atoms with Gasteiger partial charge in [0.25, 0.3) is 0 Å². The predicted octanol–water partition coefficient (Wildman–Crippen LogP) is 2.75. The largest absolute Gasteiger partial charge is 0.481 e. The van der Waals surface area contributed by atoms with E-state index in [1.54, 1.807) is 0 Å². The monoisotopic (exact) mass is 276 g/mol. The lowest BCUT2D eigenvalue weighted by Crippen LogP contribution is -2.20. The van der Waals surface area contributed by atoms with Gasteiger partial charge in [-0.25, -0.2) is 0 Å². The average Bonchev–Trinajstić information content (AvgIpc) is 2.86. The fourth-order valence-electron chi connectivity index (χ4n) is 3.13. The molecule has 1 aliphatic carbocycles. The summed E-state index contributed by atoms with van der Waals surface area (Å²) in [6.07, 6.45) is 4.05. The van der Waals surface area contributed by atoms with Gasteiger partial charge in [-0.05, 0) is 42.7 Å². The zero-order valence-electron chi connectivity index (χ0n) is 11.4. The van der Waals surface area contributed by atoms with Gasteiger partial charge in [-0.15, -0.1) is 0 Å². The molecule has 0 saturated heterocycles. The molecule has 1 aliphatic rings. The smallest absolute Gasteiger partial charge is 0.306 e. The highest BCUT2D eigenvalue weighted by atomic mass is 16.4. The number of benzene rings is 1. The van der Waals surface area contributed by atoms with Gasteiger partial charge in [0.05, 0.1) is 5.92 Å². The molecule has 4 heteroatoms. The highest BCUT2D eigenvalue weighted by Crippen LogP contribution is 2.35. The van der Waals surface area contributed by atoms with Crippen LogP contribution in [0.25, 0.3) is 0 Å². The van der Waals surface area contributed by atoms with Crippen molar-refractivity contribution in [2.45, 2.75) is 38.5 Å². The lowest BCUT2D eigenvalue weighted by atomic mass is 9.87. The van der Waals surface area contributed by atoms with Crippen LogP contribution in [0.4, 0.5) is 0 Å². The summed E-state index contributed by atoms with van der Waals surface area (Å²) < 4.78 is 0. The molecule has 2 N–H and O–H groups in total. The molecule has 1 aromatic rings. The van der Waals surface area contributed by atoms with Crippen LogP contribution < -0.4 is 0 Å². The third kappa shape index (κ3) is 3.59. The Morgan fingerprint density at radius 1 is 1.10 bits per heavy atom. The molecule has 4 nitrogen and oxygen atoms in total. The summed E-state index contributed by atoms with van der Waals surface area (Å²) in [5.74, 6) is -1.57. The Morgan fingerprint density at radius 3 is 2.45 bits per heavy atom. The molecule has 0 radical (unpaired) electrons. The molecule has 0 bridgehead atoms. The number of aliphatic carboxylic acids is 2. The molecule has 108 valence electrons. The van der Waals surface area contributed by atoms with E-state index in [2.05, 4.69) is 0 Å². The number of hydrogen-bond donors (Lipinski definition) is 2. The Bertz CT molecular complexity index is 495. The maximum Gasteiger partial charge on any atom is 0.306 e. The Balaban J connectivity index is 2.08. The molecule has 0 aromatic heterocycles. The van der Waals surface area contributed by atoms with Crippen LogP contribution in [0.15, 0.2) is 24.3 Å². The predicted molar refractivity (Wildman–Crippen MR) is 74.6 cm³/mol. The summed E-state index contributed by atoms with van der Waals surface area (Å²) >= 11 is 0. The van der Waals surface area contributed by atoms with Crippen LogP contribution in [0.5, 0.6) is 0 Å². The fourth-order valence-corrected chi connectivity index (χ4v) is 3.13. The number of aryl methyl sites for hydroxylation is 1. The maximum absolute atomic E-state index is 11.2. The second-order valence-corrected chi connectivity index (χ2v) is 5.50. The molecule has 1 aromatic carbocycles. The van der Waals surface area contributed by atoms with Gasteiger partial charge in [0, 0.05) is 6.42 Å². The molecule has 0 amide bonds. The number of hydrogen-bond acceptors (Lipinski definition) is 2. The second-order valence-electron chi connectivity index (χ2n) is 5.50. The van der Waals surface area contributed by atoms with Crippen molar-refractivity contribution in [1.82, 2.24) is 0 Å². The quantitative estimate of drug-likeness (QED) is 0.837. The van der Waals surface area contributed by atoms with Gasteiger partial charge in [-0.3, -0.25) is 9.59 Å². The van der Waals surface area contributed by atoms with Gasteiger partial charge >= 0.3 is 11.9 Å². The normalized spacial score (nSPS) is 21.8. The number of carboxylic acid groups (broad SMARTS) is 2. The number of rotatable bonds is 6. The van der Waals surface area contributed by atoms with E-state index < -0.39 is 11.9 Å². The summed E-state index contributed by atoms with van der Waals surface area (Å²) in [6.45, 7) is 0. The van der Waals surface area contributed by atoms with E-state index in [0.717, 1.165) is 36.8 Å². The molecule has 0 spiro atoms. The van der Waals surface area contributed by atoms with Gasteiger partial charge < -0.3 is 10.2 Å². The van der Waals surface area contributed by atoms with E-state index in [0.29, 0.717) is 6.42 Å². The fraction of sp³-hybridized carbons (Fsp3) is 0.500. The third-order valence-corrected chi connectivity index (χ3v) is 4.18. The Morgan fingerprint density at radius 2 is 1.80 bits per heavy atom. The Kier molecular flexibility index (Phi) is 4.77. The molecular weight excluding hydrogens is 256 g/mol. The Hall–Kier alpha value is -1.84. The summed E-state index contributed by atoms with van der Waals surface area (Å²) in [5, 5.41) is 18.0. The van der Waals surface area contributed by atoms with E-state index in [4.69, 9.17) is 5.11 Å². The average molecular weight is 276 g/mol. The van der Waals surface area contributed by atoms with Crippen LogP contribution in [-0.4, -0.2) is 22.2 Å². The molecule has 2 rings (SSSR count). The zero-order valence-corrected chi connectivity index (χ0v) is 11.4. The van der Waals surface area contributed by atoms with E-state index in [1.807, 2.05) is 24.3 Å². The highest BCUT2D eigenvalue weighted by Gasteiger charge is 2.32. The van der Waals surface area contributed by atoms with Crippen LogP contribution in [-0.2, 0) is 22.4 Å². The molecule has 2 unspecified atom stereocenters. The SMILES string of the molecule is O=C(O)CCc1ccccc1CC1CCCC1C(=O)O. The van der Waals surface area contributed by atoms with Crippen LogP contribution in [0.1, 0.15) is 36.8 Å². The van der Waals surface area contributed by atoms with Crippen molar-refractivity contribution < 1.29 is 19.8 Å². The minimum atomic E-state index is -0.802. The van der Waals surface area contributed by atoms with Crippen molar-refractivity contribution in [2.24, 2.45) is 11.8 Å². The van der Waals surface area contributed by atoms with Crippen molar-refractivity contribution in [1.29, 1.82) is 0 Å². The summed E-state index contributed by atoms with van der Waals surface area (Å²) in [7, 11) is 0.